The number of carboxylic acid groups (broad SMARTS) is 1. The van der Waals surface area contributed by atoms with Gasteiger partial charge in [0.1, 0.15) is 4.32 Å². The van der Waals surface area contributed by atoms with Crippen LogP contribution in [-0.4, -0.2) is 44.1 Å². The average molecular weight is 353 g/mol. The Morgan fingerprint density at radius 1 is 1.64 bits per heavy atom. The van der Waals surface area contributed by atoms with E-state index in [0.29, 0.717) is 17.1 Å². The predicted octanol–water partition coefficient (Wildman–Crippen LogP) is 1.15. The number of carbonyl (C=O) groups is 2. The van der Waals surface area contributed by atoms with Crippen molar-refractivity contribution in [2.24, 2.45) is 0 Å². The fraction of sp³-hybridized carbons (Fsp3) is 0.286. The number of rotatable bonds is 6. The molecule has 0 radical (unpaired) electrons. The summed E-state index contributed by atoms with van der Waals surface area (Å²) in [6.07, 6.45) is 7.09. The molecule has 0 bridgehead atoms. The van der Waals surface area contributed by atoms with E-state index in [1.54, 1.807) is 24.5 Å². The normalized spacial score (nSPS) is 18.0. The Morgan fingerprint density at radius 2 is 2.41 bits per heavy atom. The summed E-state index contributed by atoms with van der Waals surface area (Å²) in [6, 6.07) is 2.54. The zero-order valence-corrected chi connectivity index (χ0v) is 14.2. The summed E-state index contributed by atoms with van der Waals surface area (Å²) >= 11 is 7.78. The number of nitrogens with zero attached hydrogens (tertiary/aromatic N) is 2. The van der Waals surface area contributed by atoms with E-state index in [1.807, 2.05) is 12.3 Å². The summed E-state index contributed by atoms with van der Waals surface area (Å²) in [7, 11) is 0. The van der Waals surface area contributed by atoms with Gasteiger partial charge in [0.2, 0.25) is 0 Å². The molecule has 1 saturated heterocycles. The zero-order valence-electron chi connectivity index (χ0n) is 11.7. The first-order valence-electron chi connectivity index (χ1n) is 6.41. The van der Waals surface area contributed by atoms with E-state index in [4.69, 9.17) is 12.2 Å². The lowest BCUT2D eigenvalue weighted by Crippen LogP contribution is -2.50. The molecular weight excluding hydrogens is 340 g/mol. The van der Waals surface area contributed by atoms with Crippen molar-refractivity contribution in [3.63, 3.8) is 0 Å². The first-order valence-corrected chi connectivity index (χ1v) is 9.03. The van der Waals surface area contributed by atoms with Gasteiger partial charge in [-0.3, -0.25) is 14.7 Å². The van der Waals surface area contributed by atoms with Crippen LogP contribution < -0.4 is 5.11 Å². The highest BCUT2D eigenvalue weighted by Crippen LogP contribution is 2.34. The molecule has 0 spiro atoms. The van der Waals surface area contributed by atoms with Crippen molar-refractivity contribution in [3.05, 3.63) is 35.0 Å². The summed E-state index contributed by atoms with van der Waals surface area (Å²) in [5.41, 5.74) is 0.761. The molecular formula is C14H13N2O3S3-. The highest BCUT2D eigenvalue weighted by atomic mass is 32.2. The van der Waals surface area contributed by atoms with Gasteiger partial charge in [0.25, 0.3) is 5.91 Å². The molecule has 1 unspecified atom stereocenters. The maximum atomic E-state index is 12.5. The number of amides is 1. The Bertz CT molecular complexity index is 619. The molecule has 1 aromatic rings. The lowest BCUT2D eigenvalue weighted by Gasteiger charge is -2.27. The standard InChI is InChI=1S/C14H14N2O3S3/c1-21-6-4-10(13(18)19)16-12(17)11(22-14(16)20)7-9-3-2-5-15-8-9/h2-3,5,7-8,10H,4,6H2,1H3,(H,18,19)/p-1. The van der Waals surface area contributed by atoms with Crippen LogP contribution in [0, 0.1) is 0 Å². The molecule has 1 aromatic heterocycles. The molecule has 2 rings (SSSR count). The van der Waals surface area contributed by atoms with Gasteiger partial charge in [-0.1, -0.05) is 30.0 Å². The highest BCUT2D eigenvalue weighted by Gasteiger charge is 2.37. The Kier molecular flexibility index (Phi) is 5.98. The molecule has 0 aromatic carbocycles. The largest absolute Gasteiger partial charge is 0.548 e. The number of aliphatic carboxylic acids is 1. The SMILES string of the molecule is CSCCC(C(=O)[O-])N1C(=O)C(=Cc2cccnc2)SC1=S. The molecule has 0 N–H and O–H groups in total. The quantitative estimate of drug-likeness (QED) is 0.561. The van der Waals surface area contributed by atoms with Crippen LogP contribution in [-0.2, 0) is 9.59 Å². The van der Waals surface area contributed by atoms with Gasteiger partial charge < -0.3 is 9.90 Å². The summed E-state index contributed by atoms with van der Waals surface area (Å²) in [5.74, 6) is -1.07. The molecule has 1 aliphatic rings. The van der Waals surface area contributed by atoms with Crippen molar-refractivity contribution in [2.45, 2.75) is 12.5 Å². The Morgan fingerprint density at radius 3 is 3.00 bits per heavy atom. The average Bonchev–Trinajstić information content (AvgIpc) is 2.76. The van der Waals surface area contributed by atoms with Crippen molar-refractivity contribution in [1.82, 2.24) is 9.88 Å². The van der Waals surface area contributed by atoms with Gasteiger partial charge in [-0.05, 0) is 36.1 Å². The second-order valence-electron chi connectivity index (χ2n) is 4.45. The van der Waals surface area contributed by atoms with Crippen molar-refractivity contribution in [2.75, 3.05) is 12.0 Å². The lowest BCUT2D eigenvalue weighted by atomic mass is 10.2. The van der Waals surface area contributed by atoms with Crippen molar-refractivity contribution in [1.29, 1.82) is 0 Å². The number of thiocarbonyl (C=S) groups is 1. The molecule has 22 heavy (non-hydrogen) atoms. The topological polar surface area (TPSA) is 73.3 Å². The van der Waals surface area contributed by atoms with Crippen LogP contribution in [0.25, 0.3) is 6.08 Å². The molecule has 1 fully saturated rings. The maximum absolute atomic E-state index is 12.5. The van der Waals surface area contributed by atoms with E-state index in [2.05, 4.69) is 4.98 Å². The van der Waals surface area contributed by atoms with E-state index < -0.39 is 17.9 Å². The van der Waals surface area contributed by atoms with Crippen molar-refractivity contribution in [3.8, 4) is 0 Å². The molecule has 0 aliphatic carbocycles. The van der Waals surface area contributed by atoms with E-state index >= 15 is 0 Å². The second kappa shape index (κ2) is 7.75. The van der Waals surface area contributed by atoms with Crippen molar-refractivity contribution >= 4 is 58.0 Å². The zero-order chi connectivity index (χ0) is 16.1. The minimum Gasteiger partial charge on any atom is -0.548 e. The van der Waals surface area contributed by atoms with Crippen LogP contribution in [0.4, 0.5) is 0 Å². The fourth-order valence-electron chi connectivity index (χ4n) is 1.94. The molecule has 1 aliphatic heterocycles. The van der Waals surface area contributed by atoms with Gasteiger partial charge in [0.05, 0.1) is 16.9 Å². The minimum absolute atomic E-state index is 0.246. The Labute approximate surface area is 142 Å². The number of pyridine rings is 1. The summed E-state index contributed by atoms with van der Waals surface area (Å²) < 4.78 is 0.246. The Hall–Kier alpha value is -1.38. The number of hydrogen-bond acceptors (Lipinski definition) is 7. The van der Waals surface area contributed by atoms with Gasteiger partial charge >= 0.3 is 0 Å². The number of thioether (sulfide) groups is 2. The number of carboxylic acids is 1. The minimum atomic E-state index is -1.28. The third kappa shape index (κ3) is 3.88. The van der Waals surface area contributed by atoms with Crippen LogP contribution >= 0.6 is 35.7 Å². The van der Waals surface area contributed by atoms with E-state index in [9.17, 15) is 14.7 Å². The number of carbonyl (C=O) groups excluding carboxylic acids is 2. The van der Waals surface area contributed by atoms with Gasteiger partial charge in [0.15, 0.2) is 0 Å². The molecule has 1 amide bonds. The smallest absolute Gasteiger partial charge is 0.266 e. The second-order valence-corrected chi connectivity index (χ2v) is 7.12. The third-order valence-corrected chi connectivity index (χ3v) is 4.96. The van der Waals surface area contributed by atoms with E-state index in [0.717, 1.165) is 22.2 Å². The maximum Gasteiger partial charge on any atom is 0.266 e. The molecule has 116 valence electrons. The highest BCUT2D eigenvalue weighted by molar-refractivity contribution is 8.26. The van der Waals surface area contributed by atoms with Gasteiger partial charge in [-0.2, -0.15) is 11.8 Å². The van der Waals surface area contributed by atoms with Gasteiger partial charge in [0, 0.05) is 12.4 Å². The molecule has 5 nitrogen and oxygen atoms in total. The molecule has 8 heteroatoms. The summed E-state index contributed by atoms with van der Waals surface area (Å²) in [4.78, 5) is 29.3. The van der Waals surface area contributed by atoms with E-state index in [-0.39, 0.29) is 4.32 Å². The predicted molar refractivity (Wildman–Crippen MR) is 91.0 cm³/mol. The monoisotopic (exact) mass is 353 g/mol. The van der Waals surface area contributed by atoms with Crippen LogP contribution in [0.5, 0.6) is 0 Å². The first-order chi connectivity index (χ1) is 10.5. The lowest BCUT2D eigenvalue weighted by molar-refractivity contribution is -0.310. The van der Waals surface area contributed by atoms with Crippen molar-refractivity contribution < 1.29 is 14.7 Å². The van der Waals surface area contributed by atoms with Crippen LogP contribution in [0.15, 0.2) is 29.4 Å². The first kappa shape index (κ1) is 17.0. The van der Waals surface area contributed by atoms with Gasteiger partial charge in [-0.25, -0.2) is 0 Å². The van der Waals surface area contributed by atoms with Gasteiger partial charge in [-0.15, -0.1) is 0 Å². The van der Waals surface area contributed by atoms with Crippen LogP contribution in [0.2, 0.25) is 0 Å². The van der Waals surface area contributed by atoms with Crippen LogP contribution in [0.1, 0.15) is 12.0 Å². The summed E-state index contributed by atoms with van der Waals surface area (Å²) in [5, 5.41) is 11.3. The molecule has 1 atom stereocenters. The van der Waals surface area contributed by atoms with Crippen LogP contribution in [0.3, 0.4) is 0 Å². The molecule has 2 heterocycles. The molecule has 0 saturated carbocycles. The Balaban J connectivity index is 2.24. The fourth-order valence-corrected chi connectivity index (χ4v) is 3.76. The third-order valence-electron chi connectivity index (χ3n) is 2.98. The number of aromatic nitrogens is 1. The van der Waals surface area contributed by atoms with E-state index in [1.165, 1.54) is 11.8 Å². The summed E-state index contributed by atoms with van der Waals surface area (Å²) in [6.45, 7) is 0. The number of hydrogen-bond donors (Lipinski definition) is 0.